The third-order valence-electron chi connectivity index (χ3n) is 5.82. The maximum atomic E-state index is 13.1. The maximum absolute atomic E-state index is 13.1. The summed E-state index contributed by atoms with van der Waals surface area (Å²) in [6, 6.07) is 10.3. The molecule has 1 aliphatic rings. The van der Waals surface area contributed by atoms with E-state index in [1.54, 1.807) is 25.1 Å². The van der Waals surface area contributed by atoms with Crippen LogP contribution < -0.4 is 20.2 Å². The van der Waals surface area contributed by atoms with Crippen LogP contribution in [-0.4, -0.2) is 36.7 Å². The van der Waals surface area contributed by atoms with E-state index in [0.29, 0.717) is 52.6 Å². The van der Waals surface area contributed by atoms with Crippen LogP contribution in [0.2, 0.25) is 0 Å². The second-order valence-corrected chi connectivity index (χ2v) is 8.03. The SMILES string of the molecule is COc1ccc(OC)c(NC(=O)c2oc3c(c2C)/C(=N/NC(=O)c2ccc([N+](=O)[O-])cc2)CCC3)c1. The van der Waals surface area contributed by atoms with Gasteiger partial charge in [0, 0.05) is 41.3 Å². The number of nitrogens with zero attached hydrogens (tertiary/aromatic N) is 2. The van der Waals surface area contributed by atoms with Crippen molar-refractivity contribution in [2.75, 3.05) is 19.5 Å². The lowest BCUT2D eigenvalue weighted by Gasteiger charge is -2.13. The van der Waals surface area contributed by atoms with Crippen LogP contribution in [0.5, 0.6) is 11.5 Å². The zero-order chi connectivity index (χ0) is 25.8. The molecule has 0 aliphatic heterocycles. The summed E-state index contributed by atoms with van der Waals surface area (Å²) in [4.78, 5) is 35.9. The van der Waals surface area contributed by atoms with E-state index < -0.39 is 16.7 Å². The highest BCUT2D eigenvalue weighted by Crippen LogP contribution is 2.33. The second-order valence-electron chi connectivity index (χ2n) is 8.03. The van der Waals surface area contributed by atoms with Crippen molar-refractivity contribution < 1.29 is 28.4 Å². The van der Waals surface area contributed by atoms with E-state index in [9.17, 15) is 19.7 Å². The molecule has 11 nitrogen and oxygen atoms in total. The number of nitro groups is 1. The van der Waals surface area contributed by atoms with Crippen LogP contribution in [0.1, 0.15) is 50.6 Å². The van der Waals surface area contributed by atoms with Gasteiger partial charge in [-0.05, 0) is 44.0 Å². The summed E-state index contributed by atoms with van der Waals surface area (Å²) in [5.74, 6) is 0.816. The molecule has 1 aliphatic carbocycles. The fourth-order valence-corrected chi connectivity index (χ4v) is 4.00. The number of nitro benzene ring substituents is 1. The number of anilines is 1. The monoisotopic (exact) mass is 492 g/mol. The average molecular weight is 492 g/mol. The summed E-state index contributed by atoms with van der Waals surface area (Å²) < 4.78 is 16.5. The number of ether oxygens (including phenoxy) is 2. The van der Waals surface area contributed by atoms with Gasteiger partial charge >= 0.3 is 0 Å². The van der Waals surface area contributed by atoms with Crippen LogP contribution in [0.3, 0.4) is 0 Å². The minimum absolute atomic E-state index is 0.110. The first-order valence-corrected chi connectivity index (χ1v) is 11.1. The minimum Gasteiger partial charge on any atom is -0.497 e. The van der Waals surface area contributed by atoms with Crippen LogP contribution in [0.15, 0.2) is 52.0 Å². The highest BCUT2D eigenvalue weighted by atomic mass is 16.6. The fourth-order valence-electron chi connectivity index (χ4n) is 4.00. The minimum atomic E-state index is -0.536. The van der Waals surface area contributed by atoms with Gasteiger partial charge in [-0.15, -0.1) is 0 Å². The van der Waals surface area contributed by atoms with E-state index in [4.69, 9.17) is 13.9 Å². The van der Waals surface area contributed by atoms with E-state index in [-0.39, 0.29) is 17.0 Å². The van der Waals surface area contributed by atoms with Gasteiger partial charge in [0.15, 0.2) is 5.76 Å². The van der Waals surface area contributed by atoms with Crippen molar-refractivity contribution in [3.05, 3.63) is 80.8 Å². The predicted octanol–water partition coefficient (Wildman–Crippen LogP) is 4.24. The quantitative estimate of drug-likeness (QED) is 0.371. The molecule has 0 atom stereocenters. The fraction of sp³-hybridized carbons (Fsp3) is 0.240. The van der Waals surface area contributed by atoms with Gasteiger partial charge in [-0.2, -0.15) is 5.10 Å². The lowest BCUT2D eigenvalue weighted by Crippen LogP contribution is -2.22. The zero-order valence-electron chi connectivity index (χ0n) is 19.9. The number of nitrogens with one attached hydrogen (secondary N) is 2. The molecule has 2 amide bonds. The van der Waals surface area contributed by atoms with Crippen LogP contribution in [0.25, 0.3) is 0 Å². The molecule has 3 aromatic rings. The Kier molecular flexibility index (Phi) is 7.00. The van der Waals surface area contributed by atoms with Crippen LogP contribution in [0.4, 0.5) is 11.4 Å². The van der Waals surface area contributed by atoms with E-state index in [1.807, 2.05) is 0 Å². The van der Waals surface area contributed by atoms with E-state index >= 15 is 0 Å². The number of amides is 2. The van der Waals surface area contributed by atoms with E-state index in [2.05, 4.69) is 15.8 Å². The van der Waals surface area contributed by atoms with Crippen LogP contribution in [0, 0.1) is 17.0 Å². The number of aryl methyl sites for hydroxylation is 1. The molecule has 0 saturated heterocycles. The number of methoxy groups -OCH3 is 2. The lowest BCUT2D eigenvalue weighted by molar-refractivity contribution is -0.384. The average Bonchev–Trinajstić information content (AvgIpc) is 3.24. The van der Waals surface area contributed by atoms with Crippen LogP contribution >= 0.6 is 0 Å². The van der Waals surface area contributed by atoms with Crippen molar-refractivity contribution in [3.8, 4) is 11.5 Å². The Morgan fingerprint density at radius 1 is 1.06 bits per heavy atom. The summed E-state index contributed by atoms with van der Waals surface area (Å²) in [6.45, 7) is 1.76. The Balaban J connectivity index is 1.56. The third-order valence-corrected chi connectivity index (χ3v) is 5.82. The Hall–Kier alpha value is -4.67. The molecular weight excluding hydrogens is 468 g/mol. The van der Waals surface area contributed by atoms with Gasteiger partial charge in [0.05, 0.1) is 30.5 Å². The Labute approximate surface area is 206 Å². The Morgan fingerprint density at radius 2 is 1.81 bits per heavy atom. The summed E-state index contributed by atoms with van der Waals surface area (Å²) >= 11 is 0. The predicted molar refractivity (Wildman–Crippen MR) is 131 cm³/mol. The topological polar surface area (TPSA) is 145 Å². The van der Waals surface area contributed by atoms with Crippen molar-refractivity contribution in [1.29, 1.82) is 0 Å². The molecule has 2 N–H and O–H groups in total. The zero-order valence-corrected chi connectivity index (χ0v) is 19.9. The molecule has 186 valence electrons. The van der Waals surface area contributed by atoms with Gasteiger partial charge in [-0.25, -0.2) is 5.43 Å². The van der Waals surface area contributed by atoms with Crippen molar-refractivity contribution in [1.82, 2.24) is 5.43 Å². The summed E-state index contributed by atoms with van der Waals surface area (Å²) in [7, 11) is 3.03. The number of fused-ring (bicyclic) bond motifs is 1. The molecule has 0 fully saturated rings. The van der Waals surface area contributed by atoms with E-state index in [0.717, 1.165) is 6.42 Å². The molecule has 0 radical (unpaired) electrons. The van der Waals surface area contributed by atoms with Crippen molar-refractivity contribution in [2.24, 2.45) is 5.10 Å². The molecule has 0 saturated carbocycles. The van der Waals surface area contributed by atoms with Crippen molar-refractivity contribution in [2.45, 2.75) is 26.2 Å². The third kappa shape index (κ3) is 4.90. The molecule has 2 aromatic carbocycles. The number of carbonyl (C=O) groups excluding carboxylic acids is 2. The maximum Gasteiger partial charge on any atom is 0.291 e. The normalized spacial score (nSPS) is 13.6. The van der Waals surface area contributed by atoms with Gasteiger partial charge in [0.25, 0.3) is 17.5 Å². The number of hydrogen-bond donors (Lipinski definition) is 2. The number of hydrazone groups is 1. The highest BCUT2D eigenvalue weighted by Gasteiger charge is 2.28. The molecule has 36 heavy (non-hydrogen) atoms. The van der Waals surface area contributed by atoms with Gasteiger partial charge in [-0.3, -0.25) is 19.7 Å². The first kappa shape index (κ1) is 24.5. The molecule has 0 spiro atoms. The first-order chi connectivity index (χ1) is 17.3. The molecular formula is C25H24N4O7. The van der Waals surface area contributed by atoms with Crippen LogP contribution in [-0.2, 0) is 6.42 Å². The highest BCUT2D eigenvalue weighted by molar-refractivity contribution is 6.10. The summed E-state index contributed by atoms with van der Waals surface area (Å²) in [5, 5.41) is 17.9. The van der Waals surface area contributed by atoms with E-state index in [1.165, 1.54) is 38.5 Å². The molecule has 1 heterocycles. The standard InChI is InChI=1S/C25H24N4O7/c1-14-22-18(27-28-24(30)15-7-9-16(10-8-15)29(32)33)5-4-6-21(22)36-23(14)25(31)26-19-13-17(34-2)11-12-20(19)35-3/h7-13H,4-6H2,1-3H3,(H,26,31)(H,28,30)/b27-18+. The molecule has 4 rings (SSSR count). The first-order valence-electron chi connectivity index (χ1n) is 11.1. The number of hydrogen-bond acceptors (Lipinski definition) is 8. The number of benzene rings is 2. The Morgan fingerprint density at radius 3 is 2.47 bits per heavy atom. The van der Waals surface area contributed by atoms with Gasteiger partial charge in [0.1, 0.15) is 17.3 Å². The molecule has 1 aromatic heterocycles. The summed E-state index contributed by atoms with van der Waals surface area (Å²) in [6.07, 6.45) is 1.94. The number of furan rings is 1. The molecule has 0 unspecified atom stereocenters. The molecule has 0 bridgehead atoms. The number of rotatable bonds is 7. The van der Waals surface area contributed by atoms with Crippen molar-refractivity contribution >= 4 is 28.9 Å². The largest absolute Gasteiger partial charge is 0.497 e. The van der Waals surface area contributed by atoms with Gasteiger partial charge in [-0.1, -0.05) is 0 Å². The Bertz CT molecular complexity index is 1360. The number of carbonyl (C=O) groups is 2. The smallest absolute Gasteiger partial charge is 0.291 e. The summed E-state index contributed by atoms with van der Waals surface area (Å²) in [5.41, 5.74) is 4.93. The lowest BCUT2D eigenvalue weighted by atomic mass is 9.93. The molecule has 11 heteroatoms. The number of non-ortho nitro benzene ring substituents is 1. The van der Waals surface area contributed by atoms with Gasteiger partial charge < -0.3 is 19.2 Å². The van der Waals surface area contributed by atoms with Crippen molar-refractivity contribution in [3.63, 3.8) is 0 Å². The van der Waals surface area contributed by atoms with Gasteiger partial charge in [0.2, 0.25) is 0 Å². The second kappa shape index (κ2) is 10.3.